The van der Waals surface area contributed by atoms with Gasteiger partial charge in [0.2, 0.25) is 0 Å². The summed E-state index contributed by atoms with van der Waals surface area (Å²) in [5.74, 6) is 0.949. The third-order valence-electron chi connectivity index (χ3n) is 6.15. The average molecular weight is 447 g/mol. The Labute approximate surface area is 175 Å². The molecule has 0 spiro atoms. The number of pyridine rings is 1. The first-order valence-corrected chi connectivity index (χ1v) is 11.5. The fourth-order valence-electron chi connectivity index (χ4n) is 4.45. The summed E-state index contributed by atoms with van der Waals surface area (Å²) in [5.41, 5.74) is -0.00561. The topological polar surface area (TPSA) is 42.6 Å². The number of rotatable bonds is 6. The van der Waals surface area contributed by atoms with Gasteiger partial charge in [0, 0.05) is 36.0 Å². The fourth-order valence-corrected chi connectivity index (χ4v) is 4.82. The molecule has 2 aromatic rings. The molecular formula is C22H31BrN4O. The number of nitrogens with one attached hydrogen (secondary N) is 1. The molecule has 2 aliphatic heterocycles. The first-order valence-electron chi connectivity index (χ1n) is 10.7. The van der Waals surface area contributed by atoms with Crippen LogP contribution >= 0.6 is 15.9 Å². The Morgan fingerprint density at radius 1 is 0.857 bits per heavy atom. The smallest absolute Gasteiger partial charge is 0.257 e. The van der Waals surface area contributed by atoms with Gasteiger partial charge in [-0.2, -0.15) is 0 Å². The number of unbranched alkanes of at least 4 members (excludes halogenated alkanes) is 1. The number of likely N-dealkylation sites (tertiary alicyclic amines) is 1. The van der Waals surface area contributed by atoms with Crippen LogP contribution < -0.4 is 10.5 Å². The van der Waals surface area contributed by atoms with Gasteiger partial charge in [0.25, 0.3) is 5.56 Å². The summed E-state index contributed by atoms with van der Waals surface area (Å²) in [4.78, 5) is 23.0. The van der Waals surface area contributed by atoms with Crippen molar-refractivity contribution < 1.29 is 0 Å². The van der Waals surface area contributed by atoms with Gasteiger partial charge in [0.15, 0.2) is 0 Å². The molecular weight excluding hydrogens is 416 g/mol. The van der Waals surface area contributed by atoms with E-state index < -0.39 is 0 Å². The Hall–Kier alpha value is -1.37. The lowest BCUT2D eigenvalue weighted by Crippen LogP contribution is -2.47. The van der Waals surface area contributed by atoms with Gasteiger partial charge in [-0.25, -0.2) is 0 Å². The highest BCUT2D eigenvalue weighted by Crippen LogP contribution is 2.21. The number of anilines is 1. The third kappa shape index (κ3) is 4.97. The van der Waals surface area contributed by atoms with Gasteiger partial charge in [0.1, 0.15) is 5.82 Å². The zero-order valence-corrected chi connectivity index (χ0v) is 18.2. The van der Waals surface area contributed by atoms with Crippen LogP contribution in [-0.4, -0.2) is 67.1 Å². The van der Waals surface area contributed by atoms with Gasteiger partial charge in [-0.3, -0.25) is 9.69 Å². The van der Waals surface area contributed by atoms with Crippen molar-refractivity contribution in [3.05, 3.63) is 39.1 Å². The van der Waals surface area contributed by atoms with Gasteiger partial charge in [-0.1, -0.05) is 28.4 Å². The molecule has 1 aromatic heterocycles. The molecule has 2 saturated heterocycles. The van der Waals surface area contributed by atoms with Crippen LogP contribution in [0.3, 0.4) is 0 Å². The first kappa shape index (κ1) is 19.9. The van der Waals surface area contributed by atoms with E-state index in [1.54, 1.807) is 0 Å². The number of halogens is 1. The highest BCUT2D eigenvalue weighted by atomic mass is 79.9. The molecule has 3 heterocycles. The normalized spacial score (nSPS) is 19.4. The second kappa shape index (κ2) is 9.42. The molecule has 0 amide bonds. The summed E-state index contributed by atoms with van der Waals surface area (Å²) in [6.07, 6.45) is 6.79. The van der Waals surface area contributed by atoms with Gasteiger partial charge in [-0.05, 0) is 75.4 Å². The first-order chi connectivity index (χ1) is 13.7. The molecule has 4 rings (SSSR count). The Bertz CT molecular complexity index is 838. The number of benzene rings is 1. The van der Waals surface area contributed by atoms with Crippen LogP contribution in [-0.2, 0) is 0 Å². The van der Waals surface area contributed by atoms with E-state index >= 15 is 0 Å². The van der Waals surface area contributed by atoms with E-state index in [4.69, 9.17) is 0 Å². The quantitative estimate of drug-likeness (QED) is 0.687. The molecule has 2 aliphatic rings. The molecule has 152 valence electrons. The molecule has 0 unspecified atom stereocenters. The van der Waals surface area contributed by atoms with Crippen LogP contribution in [0.4, 0.5) is 5.82 Å². The van der Waals surface area contributed by atoms with Crippen molar-refractivity contribution in [1.29, 1.82) is 0 Å². The van der Waals surface area contributed by atoms with Crippen molar-refractivity contribution in [1.82, 2.24) is 14.8 Å². The molecule has 28 heavy (non-hydrogen) atoms. The minimum absolute atomic E-state index is 0.00561. The summed E-state index contributed by atoms with van der Waals surface area (Å²) < 4.78 is 0.937. The number of nitrogens with zero attached hydrogens (tertiary/aromatic N) is 3. The summed E-state index contributed by atoms with van der Waals surface area (Å²) in [7, 11) is 0. The van der Waals surface area contributed by atoms with Crippen LogP contribution in [0.15, 0.2) is 33.5 Å². The van der Waals surface area contributed by atoms with Crippen molar-refractivity contribution in [2.75, 3.05) is 57.3 Å². The standard InChI is InChI=1S/C22H31BrN4O/c23-19-7-6-18-16-21(24-22(28)20(18)17-19)27-14-12-26(13-15-27)11-5-4-10-25-8-2-1-3-9-25/h6-7,16-17H,1-5,8-15H2,(H,24,28). The molecule has 0 aliphatic carbocycles. The lowest BCUT2D eigenvalue weighted by atomic mass is 10.1. The highest BCUT2D eigenvalue weighted by molar-refractivity contribution is 9.10. The van der Waals surface area contributed by atoms with Crippen molar-refractivity contribution >= 4 is 32.5 Å². The number of aromatic nitrogens is 1. The number of piperazine rings is 1. The van der Waals surface area contributed by atoms with Crippen LogP contribution in [0.2, 0.25) is 0 Å². The lowest BCUT2D eigenvalue weighted by Gasteiger charge is -2.36. The maximum Gasteiger partial charge on any atom is 0.257 e. The second-order valence-electron chi connectivity index (χ2n) is 8.15. The van der Waals surface area contributed by atoms with Crippen molar-refractivity contribution in [3.8, 4) is 0 Å². The maximum absolute atomic E-state index is 12.4. The summed E-state index contributed by atoms with van der Waals surface area (Å²) >= 11 is 3.45. The van der Waals surface area contributed by atoms with Crippen LogP contribution in [0.25, 0.3) is 10.8 Å². The van der Waals surface area contributed by atoms with Gasteiger partial charge < -0.3 is 14.8 Å². The number of hydrogen-bond donors (Lipinski definition) is 1. The highest BCUT2D eigenvalue weighted by Gasteiger charge is 2.18. The molecule has 1 aromatic carbocycles. The monoisotopic (exact) mass is 446 g/mol. The zero-order valence-electron chi connectivity index (χ0n) is 16.6. The molecule has 1 N–H and O–H groups in total. The van der Waals surface area contributed by atoms with E-state index in [2.05, 4.69) is 41.7 Å². The molecule has 0 radical (unpaired) electrons. The minimum atomic E-state index is -0.00561. The summed E-state index contributed by atoms with van der Waals surface area (Å²) in [6.45, 7) is 9.18. The number of fused-ring (bicyclic) bond motifs is 1. The van der Waals surface area contributed by atoms with E-state index in [0.29, 0.717) is 0 Å². The minimum Gasteiger partial charge on any atom is -0.356 e. The van der Waals surface area contributed by atoms with Gasteiger partial charge >= 0.3 is 0 Å². The number of hydrogen-bond acceptors (Lipinski definition) is 4. The molecule has 2 fully saturated rings. The Balaban J connectivity index is 1.25. The van der Waals surface area contributed by atoms with Crippen molar-refractivity contribution in [2.45, 2.75) is 32.1 Å². The van der Waals surface area contributed by atoms with E-state index in [1.165, 1.54) is 58.3 Å². The van der Waals surface area contributed by atoms with E-state index in [0.717, 1.165) is 47.2 Å². The Morgan fingerprint density at radius 3 is 2.25 bits per heavy atom. The molecule has 6 heteroatoms. The fraction of sp³-hybridized carbons (Fsp3) is 0.591. The average Bonchev–Trinajstić information content (AvgIpc) is 2.73. The second-order valence-corrected chi connectivity index (χ2v) is 9.07. The molecule has 5 nitrogen and oxygen atoms in total. The lowest BCUT2D eigenvalue weighted by molar-refractivity contribution is 0.211. The van der Waals surface area contributed by atoms with Crippen LogP contribution in [0, 0.1) is 0 Å². The SMILES string of the molecule is O=c1[nH]c(N2CCN(CCCCN3CCCCC3)CC2)cc2ccc(Br)cc12. The van der Waals surface area contributed by atoms with Gasteiger partial charge in [0.05, 0.1) is 0 Å². The number of aromatic amines is 1. The molecule has 0 saturated carbocycles. The van der Waals surface area contributed by atoms with Crippen molar-refractivity contribution in [3.63, 3.8) is 0 Å². The van der Waals surface area contributed by atoms with E-state index in [9.17, 15) is 4.79 Å². The number of piperidine rings is 1. The third-order valence-corrected chi connectivity index (χ3v) is 6.65. The van der Waals surface area contributed by atoms with Crippen LogP contribution in [0.5, 0.6) is 0 Å². The van der Waals surface area contributed by atoms with Crippen molar-refractivity contribution in [2.24, 2.45) is 0 Å². The Kier molecular flexibility index (Phi) is 6.70. The Morgan fingerprint density at radius 2 is 1.54 bits per heavy atom. The van der Waals surface area contributed by atoms with Crippen LogP contribution in [0.1, 0.15) is 32.1 Å². The maximum atomic E-state index is 12.4. The molecule has 0 atom stereocenters. The number of H-pyrrole nitrogens is 1. The van der Waals surface area contributed by atoms with E-state index in [1.807, 2.05) is 18.2 Å². The zero-order chi connectivity index (χ0) is 19.3. The van der Waals surface area contributed by atoms with Gasteiger partial charge in [-0.15, -0.1) is 0 Å². The van der Waals surface area contributed by atoms with E-state index in [-0.39, 0.29) is 5.56 Å². The largest absolute Gasteiger partial charge is 0.356 e. The predicted octanol–water partition coefficient (Wildman–Crippen LogP) is 3.68. The predicted molar refractivity (Wildman–Crippen MR) is 120 cm³/mol. The summed E-state index contributed by atoms with van der Waals surface area (Å²) in [6, 6.07) is 8.00. The summed E-state index contributed by atoms with van der Waals surface area (Å²) in [5, 5.41) is 1.74. The molecule has 0 bridgehead atoms.